The Kier molecular flexibility index (Phi) is 8.87. The van der Waals surface area contributed by atoms with Crippen LogP contribution < -0.4 is 19.6 Å². The Labute approximate surface area is 216 Å². The molecule has 0 aliphatic heterocycles. The second-order valence-corrected chi connectivity index (χ2v) is 8.90. The monoisotopic (exact) mass is 572 g/mol. The third kappa shape index (κ3) is 7.54. The number of nitro benzene ring substituents is 1. The van der Waals surface area contributed by atoms with E-state index in [1.807, 2.05) is 0 Å². The molecule has 0 spiro atoms. The number of hydrogen-bond donors (Lipinski definition) is 3. The summed E-state index contributed by atoms with van der Waals surface area (Å²) >= 11 is 0. The zero-order valence-corrected chi connectivity index (χ0v) is 19.9. The molecule has 0 heterocycles. The molecule has 0 aliphatic carbocycles. The summed E-state index contributed by atoms with van der Waals surface area (Å²) in [4.78, 5) is 21.4. The number of anilines is 2. The number of nitro groups is 1. The molecule has 0 saturated carbocycles. The molecule has 3 rings (SSSR count). The van der Waals surface area contributed by atoms with E-state index in [9.17, 15) is 46.0 Å². The lowest BCUT2D eigenvalue weighted by molar-refractivity contribution is -0.384. The first-order valence-electron chi connectivity index (χ1n) is 10.3. The number of alkyl halides is 4. The molecule has 0 fully saturated rings. The number of sulfonamides is 1. The number of carbonyl (C=O) groups is 1. The van der Waals surface area contributed by atoms with E-state index in [2.05, 4.69) is 24.7 Å². The first-order valence-corrected chi connectivity index (χ1v) is 11.8. The number of para-hydroxylation sites is 1. The van der Waals surface area contributed by atoms with Crippen molar-refractivity contribution in [1.29, 1.82) is 0 Å². The molecule has 0 atom stereocenters. The third-order valence-electron chi connectivity index (χ3n) is 4.69. The van der Waals surface area contributed by atoms with Crippen molar-refractivity contribution >= 4 is 39.3 Å². The average molecular weight is 572 g/mol. The van der Waals surface area contributed by atoms with E-state index >= 15 is 0 Å². The second-order valence-electron chi connectivity index (χ2n) is 7.22. The van der Waals surface area contributed by atoms with Gasteiger partial charge in [0.2, 0.25) is 0 Å². The van der Waals surface area contributed by atoms with Crippen molar-refractivity contribution in [2.24, 2.45) is 5.10 Å². The minimum atomic E-state index is -4.47. The van der Waals surface area contributed by atoms with E-state index in [-0.39, 0.29) is 22.5 Å². The van der Waals surface area contributed by atoms with Crippen LogP contribution in [0.15, 0.2) is 70.7 Å². The molecule has 0 radical (unpaired) electrons. The molecule has 0 bridgehead atoms. The van der Waals surface area contributed by atoms with Crippen molar-refractivity contribution in [3.05, 3.63) is 81.9 Å². The van der Waals surface area contributed by atoms with Gasteiger partial charge in [-0.05, 0) is 36.4 Å². The average Bonchev–Trinajstić information content (AvgIpc) is 2.84. The van der Waals surface area contributed by atoms with E-state index < -0.39 is 56.2 Å². The SMILES string of the molecule is O=C(O)c1ccccc1NS(=O)(=O)c1ccc(N/N=C\c2ccc(OC(F)F)cc2OC(F)F)c([N+](=O)[O-])c1. The van der Waals surface area contributed by atoms with Crippen molar-refractivity contribution < 1.29 is 50.3 Å². The molecule has 0 aromatic heterocycles. The number of hydrogen-bond acceptors (Lipinski definition) is 9. The van der Waals surface area contributed by atoms with Crippen molar-refractivity contribution in [2.75, 3.05) is 10.1 Å². The molecule has 3 aromatic carbocycles. The van der Waals surface area contributed by atoms with Crippen LogP contribution in [0.2, 0.25) is 0 Å². The zero-order chi connectivity index (χ0) is 28.7. The number of hydrazone groups is 1. The molecule has 0 unspecified atom stereocenters. The van der Waals surface area contributed by atoms with E-state index in [4.69, 9.17) is 0 Å². The fraction of sp³-hybridized carbons (Fsp3) is 0.0909. The molecule has 17 heteroatoms. The highest BCUT2D eigenvalue weighted by Gasteiger charge is 2.23. The minimum absolute atomic E-state index is 0.146. The molecule has 3 N–H and O–H groups in total. The maximum absolute atomic E-state index is 12.8. The van der Waals surface area contributed by atoms with Gasteiger partial charge >= 0.3 is 19.2 Å². The van der Waals surface area contributed by atoms with Gasteiger partial charge in [-0.2, -0.15) is 22.7 Å². The molecule has 0 saturated heterocycles. The Morgan fingerprint density at radius 3 is 2.33 bits per heavy atom. The van der Waals surface area contributed by atoms with Crippen molar-refractivity contribution in [1.82, 2.24) is 0 Å². The number of carboxylic acids is 1. The summed E-state index contributed by atoms with van der Waals surface area (Å²) in [6, 6.07) is 10.6. The highest BCUT2D eigenvalue weighted by atomic mass is 32.2. The lowest BCUT2D eigenvalue weighted by Gasteiger charge is -2.12. The number of halogens is 4. The van der Waals surface area contributed by atoms with E-state index in [0.717, 1.165) is 42.6 Å². The van der Waals surface area contributed by atoms with Crippen molar-refractivity contribution in [3.8, 4) is 11.5 Å². The van der Waals surface area contributed by atoms with Gasteiger partial charge in [0.1, 0.15) is 17.2 Å². The van der Waals surface area contributed by atoms with Gasteiger partial charge in [0.05, 0.1) is 27.3 Å². The largest absolute Gasteiger partial charge is 0.478 e. The van der Waals surface area contributed by atoms with E-state index in [0.29, 0.717) is 6.07 Å². The number of rotatable bonds is 12. The number of nitrogens with zero attached hydrogens (tertiary/aromatic N) is 2. The van der Waals surface area contributed by atoms with Crippen LogP contribution in [0, 0.1) is 10.1 Å². The Morgan fingerprint density at radius 1 is 1.00 bits per heavy atom. The number of ether oxygens (including phenoxy) is 2. The summed E-state index contributed by atoms with van der Waals surface area (Å²) in [5, 5.41) is 24.5. The Morgan fingerprint density at radius 2 is 1.69 bits per heavy atom. The first kappa shape index (κ1) is 28.6. The lowest BCUT2D eigenvalue weighted by Crippen LogP contribution is -2.16. The van der Waals surface area contributed by atoms with E-state index in [1.165, 1.54) is 18.2 Å². The molecule has 12 nitrogen and oxygen atoms in total. The van der Waals surface area contributed by atoms with Gasteiger partial charge in [-0.25, -0.2) is 13.2 Å². The van der Waals surface area contributed by atoms with Gasteiger partial charge in [0.15, 0.2) is 0 Å². The molecule has 3 aromatic rings. The van der Waals surface area contributed by atoms with E-state index in [1.54, 1.807) is 0 Å². The Balaban J connectivity index is 1.87. The van der Waals surface area contributed by atoms with Crippen LogP contribution in [0.1, 0.15) is 15.9 Å². The fourth-order valence-electron chi connectivity index (χ4n) is 3.05. The summed E-state index contributed by atoms with van der Waals surface area (Å²) in [6.07, 6.45) is 0.892. The standard InChI is InChI=1S/C22H16F4N4O8S/c23-21(24)37-13-6-5-12(19(9-13)38-22(25)26)11-27-28-17-8-7-14(10-18(17)30(33)34)39(35,36)29-16-4-2-1-3-15(16)20(31)32/h1-11,21-22,28-29H,(H,31,32)/b27-11-. The van der Waals surface area contributed by atoms with Crippen molar-refractivity contribution in [3.63, 3.8) is 0 Å². The van der Waals surface area contributed by atoms with Crippen LogP contribution in [0.5, 0.6) is 11.5 Å². The quantitative estimate of drug-likeness (QED) is 0.120. The predicted molar refractivity (Wildman–Crippen MR) is 128 cm³/mol. The maximum Gasteiger partial charge on any atom is 0.387 e. The minimum Gasteiger partial charge on any atom is -0.478 e. The molecule has 0 aliphatic rings. The van der Waals surface area contributed by atoms with Crippen LogP contribution in [0.3, 0.4) is 0 Å². The topological polar surface area (TPSA) is 169 Å². The van der Waals surface area contributed by atoms with Crippen LogP contribution in [-0.2, 0) is 10.0 Å². The van der Waals surface area contributed by atoms with Gasteiger partial charge in [-0.15, -0.1) is 0 Å². The highest BCUT2D eigenvalue weighted by Crippen LogP contribution is 2.30. The van der Waals surface area contributed by atoms with Gasteiger partial charge in [0.25, 0.3) is 15.7 Å². The van der Waals surface area contributed by atoms with Gasteiger partial charge in [0, 0.05) is 17.7 Å². The maximum atomic E-state index is 12.8. The molecular weight excluding hydrogens is 556 g/mol. The van der Waals surface area contributed by atoms with Gasteiger partial charge in [-0.3, -0.25) is 20.3 Å². The summed E-state index contributed by atoms with van der Waals surface area (Å²) in [6.45, 7) is -6.54. The third-order valence-corrected chi connectivity index (χ3v) is 6.06. The molecule has 206 valence electrons. The van der Waals surface area contributed by atoms with Crippen LogP contribution >= 0.6 is 0 Å². The zero-order valence-electron chi connectivity index (χ0n) is 19.1. The Hall–Kier alpha value is -4.93. The summed E-state index contributed by atoms with van der Waals surface area (Å²) < 4.78 is 86.2. The lowest BCUT2D eigenvalue weighted by atomic mass is 10.2. The number of carboxylic acid groups (broad SMARTS) is 1. The first-order chi connectivity index (χ1) is 18.4. The number of benzene rings is 3. The molecular formula is C22H16F4N4O8S. The molecule has 39 heavy (non-hydrogen) atoms. The van der Waals surface area contributed by atoms with Gasteiger partial charge < -0.3 is 14.6 Å². The highest BCUT2D eigenvalue weighted by molar-refractivity contribution is 7.92. The second kappa shape index (κ2) is 12.1. The van der Waals surface area contributed by atoms with Crippen LogP contribution in [0.4, 0.5) is 34.6 Å². The normalized spacial score (nSPS) is 11.5. The number of nitrogens with one attached hydrogen (secondary N) is 2. The van der Waals surface area contributed by atoms with Gasteiger partial charge in [-0.1, -0.05) is 12.1 Å². The smallest absolute Gasteiger partial charge is 0.387 e. The fourth-order valence-corrected chi connectivity index (χ4v) is 4.15. The predicted octanol–water partition coefficient (Wildman–Crippen LogP) is 4.74. The molecule has 0 amide bonds. The number of aromatic carboxylic acids is 1. The summed E-state index contributed by atoms with van der Waals surface area (Å²) in [5.74, 6) is -2.47. The van der Waals surface area contributed by atoms with Crippen LogP contribution in [0.25, 0.3) is 0 Å². The van der Waals surface area contributed by atoms with Crippen LogP contribution in [-0.4, -0.2) is 43.9 Å². The van der Waals surface area contributed by atoms with Crippen molar-refractivity contribution in [2.45, 2.75) is 18.1 Å². The summed E-state index contributed by atoms with van der Waals surface area (Å²) in [5.41, 5.74) is 0.423. The Bertz CT molecular complexity index is 1520. The summed E-state index contributed by atoms with van der Waals surface area (Å²) in [7, 11) is -4.47.